The minimum Gasteiger partial charge on any atom is -0.467 e. The summed E-state index contributed by atoms with van der Waals surface area (Å²) in [7, 11) is -2.31. The van der Waals surface area contributed by atoms with Crippen LogP contribution in [0.5, 0.6) is 0 Å². The Morgan fingerprint density at radius 2 is 1.95 bits per heavy atom. The highest BCUT2D eigenvalue weighted by Crippen LogP contribution is 2.23. The standard InChI is InChI=1S/C13H16N2O4S/c1-8(2)11(13(16)19-3)14-12-9-6-4-5-7-10(9)20(17,18)15-12/h4-8,11H,1-3H3,(H,14,15)/t11-/m0/s1. The lowest BCUT2D eigenvalue weighted by atomic mass is 10.1. The molecule has 1 aliphatic rings. The summed E-state index contributed by atoms with van der Waals surface area (Å²) in [5.41, 5.74) is 0.474. The highest BCUT2D eigenvalue weighted by Gasteiger charge is 2.32. The van der Waals surface area contributed by atoms with Crippen molar-refractivity contribution >= 4 is 21.8 Å². The molecule has 1 heterocycles. The van der Waals surface area contributed by atoms with Gasteiger partial charge in [-0.25, -0.2) is 13.2 Å². The summed E-state index contributed by atoms with van der Waals surface area (Å²) in [6.45, 7) is 3.64. The molecule has 108 valence electrons. The first kappa shape index (κ1) is 14.5. The van der Waals surface area contributed by atoms with Crippen molar-refractivity contribution in [1.82, 2.24) is 4.72 Å². The Morgan fingerprint density at radius 1 is 1.30 bits per heavy atom. The number of carbonyl (C=O) groups is 1. The van der Waals surface area contributed by atoms with Gasteiger partial charge in [-0.15, -0.1) is 0 Å². The molecule has 0 fully saturated rings. The normalized spacial score (nSPS) is 19.5. The molecule has 0 bridgehead atoms. The maximum atomic E-state index is 11.9. The zero-order valence-corrected chi connectivity index (χ0v) is 12.3. The SMILES string of the molecule is COC(=O)[C@@H](N=C1NS(=O)(=O)c2ccccc21)C(C)C. The van der Waals surface area contributed by atoms with E-state index in [-0.39, 0.29) is 16.6 Å². The van der Waals surface area contributed by atoms with Crippen molar-refractivity contribution in [2.24, 2.45) is 10.9 Å². The van der Waals surface area contributed by atoms with Crippen LogP contribution in [0.2, 0.25) is 0 Å². The molecule has 0 saturated carbocycles. The predicted octanol–water partition coefficient (Wildman–Crippen LogP) is 0.923. The second-order valence-electron chi connectivity index (χ2n) is 4.79. The second kappa shape index (κ2) is 5.24. The van der Waals surface area contributed by atoms with E-state index in [0.29, 0.717) is 5.56 Å². The Morgan fingerprint density at radius 3 is 2.55 bits per heavy atom. The van der Waals surface area contributed by atoms with Gasteiger partial charge in [0.15, 0.2) is 6.04 Å². The molecule has 0 aromatic heterocycles. The molecule has 2 rings (SSSR count). The third-order valence-electron chi connectivity index (χ3n) is 3.01. The van der Waals surface area contributed by atoms with E-state index >= 15 is 0 Å². The van der Waals surface area contributed by atoms with Gasteiger partial charge in [-0.2, -0.15) is 0 Å². The number of carbonyl (C=O) groups excluding carboxylic acids is 1. The van der Waals surface area contributed by atoms with Gasteiger partial charge >= 0.3 is 5.97 Å². The van der Waals surface area contributed by atoms with Crippen molar-refractivity contribution in [2.45, 2.75) is 24.8 Å². The lowest BCUT2D eigenvalue weighted by Crippen LogP contribution is -2.31. The van der Waals surface area contributed by atoms with Gasteiger partial charge in [0, 0.05) is 5.56 Å². The fraction of sp³-hybridized carbons (Fsp3) is 0.385. The number of nitrogens with one attached hydrogen (secondary N) is 1. The maximum absolute atomic E-state index is 11.9. The number of esters is 1. The zero-order valence-electron chi connectivity index (χ0n) is 11.5. The number of benzene rings is 1. The topological polar surface area (TPSA) is 84.8 Å². The summed E-state index contributed by atoms with van der Waals surface area (Å²) in [6, 6.07) is 5.77. The lowest BCUT2D eigenvalue weighted by molar-refractivity contribution is -0.143. The van der Waals surface area contributed by atoms with Crippen LogP contribution in [0.3, 0.4) is 0 Å². The van der Waals surface area contributed by atoms with E-state index in [2.05, 4.69) is 9.71 Å². The van der Waals surface area contributed by atoms with Crippen molar-refractivity contribution in [3.05, 3.63) is 29.8 Å². The first-order valence-electron chi connectivity index (χ1n) is 6.14. The Balaban J connectivity index is 2.49. The maximum Gasteiger partial charge on any atom is 0.330 e. The van der Waals surface area contributed by atoms with Crippen LogP contribution in [0.1, 0.15) is 19.4 Å². The third-order valence-corrected chi connectivity index (χ3v) is 4.40. The Hall–Kier alpha value is -1.89. The molecule has 7 heteroatoms. The number of sulfonamides is 1. The summed E-state index contributed by atoms with van der Waals surface area (Å²) in [4.78, 5) is 16.1. The van der Waals surface area contributed by atoms with Crippen molar-refractivity contribution in [3.8, 4) is 0 Å². The van der Waals surface area contributed by atoms with Crippen LogP contribution in [-0.4, -0.2) is 33.4 Å². The van der Waals surface area contributed by atoms with Gasteiger partial charge < -0.3 is 4.74 Å². The molecule has 1 aromatic carbocycles. The molecule has 6 nitrogen and oxygen atoms in total. The van der Waals surface area contributed by atoms with Crippen LogP contribution >= 0.6 is 0 Å². The molecule has 0 unspecified atom stereocenters. The van der Waals surface area contributed by atoms with Crippen LogP contribution < -0.4 is 4.72 Å². The van der Waals surface area contributed by atoms with Crippen LogP contribution in [-0.2, 0) is 19.6 Å². The van der Waals surface area contributed by atoms with Gasteiger partial charge in [0.05, 0.1) is 12.0 Å². The summed E-state index contributed by atoms with van der Waals surface area (Å²) >= 11 is 0. The number of nitrogens with zero attached hydrogens (tertiary/aromatic N) is 1. The quantitative estimate of drug-likeness (QED) is 0.841. The Kier molecular flexibility index (Phi) is 3.80. The number of fused-ring (bicyclic) bond motifs is 1. The van der Waals surface area contributed by atoms with Gasteiger partial charge in [0.25, 0.3) is 10.0 Å². The van der Waals surface area contributed by atoms with Gasteiger partial charge in [0.2, 0.25) is 0 Å². The number of hydrogen-bond acceptors (Lipinski definition) is 5. The summed E-state index contributed by atoms with van der Waals surface area (Å²) in [5, 5.41) is 0. The average Bonchev–Trinajstić information content (AvgIpc) is 2.67. The molecule has 20 heavy (non-hydrogen) atoms. The van der Waals surface area contributed by atoms with E-state index in [9.17, 15) is 13.2 Å². The number of methoxy groups -OCH3 is 1. The van der Waals surface area contributed by atoms with E-state index in [1.807, 2.05) is 13.8 Å². The Bertz CT molecular complexity index is 665. The van der Waals surface area contributed by atoms with Crippen LogP contribution in [0.4, 0.5) is 0 Å². The molecule has 0 aliphatic carbocycles. The summed E-state index contributed by atoms with van der Waals surface area (Å²) in [5.74, 6) is -0.409. The minimum atomic E-state index is -3.59. The average molecular weight is 296 g/mol. The minimum absolute atomic E-state index is 0.104. The van der Waals surface area contributed by atoms with E-state index in [1.54, 1.807) is 18.2 Å². The number of ether oxygens (including phenoxy) is 1. The number of aliphatic imine (C=N–C) groups is 1. The lowest BCUT2D eigenvalue weighted by Gasteiger charge is -2.14. The van der Waals surface area contributed by atoms with Gasteiger partial charge in [-0.3, -0.25) is 9.71 Å². The van der Waals surface area contributed by atoms with Crippen LogP contribution in [0.25, 0.3) is 0 Å². The first-order chi connectivity index (χ1) is 9.36. The van der Waals surface area contributed by atoms with Gasteiger partial charge in [-0.1, -0.05) is 26.0 Å². The van der Waals surface area contributed by atoms with Crippen LogP contribution in [0.15, 0.2) is 34.2 Å². The molecule has 0 spiro atoms. The molecule has 1 aromatic rings. The molecule has 1 aliphatic heterocycles. The molecule has 1 N–H and O–H groups in total. The fourth-order valence-corrected chi connectivity index (χ4v) is 3.20. The highest BCUT2D eigenvalue weighted by atomic mass is 32.2. The summed E-state index contributed by atoms with van der Waals surface area (Å²) < 4.78 is 31.0. The molecule has 0 amide bonds. The molecular formula is C13H16N2O4S. The second-order valence-corrected chi connectivity index (χ2v) is 6.44. The van der Waals surface area contributed by atoms with Gasteiger partial charge in [-0.05, 0) is 18.1 Å². The van der Waals surface area contributed by atoms with Crippen molar-refractivity contribution in [1.29, 1.82) is 0 Å². The Labute approximate surface area is 117 Å². The number of hydrogen-bond donors (Lipinski definition) is 1. The van der Waals surface area contributed by atoms with Gasteiger partial charge in [0.1, 0.15) is 5.84 Å². The molecule has 0 saturated heterocycles. The predicted molar refractivity (Wildman–Crippen MR) is 73.9 cm³/mol. The van der Waals surface area contributed by atoms with E-state index in [4.69, 9.17) is 4.74 Å². The number of amidine groups is 1. The monoisotopic (exact) mass is 296 g/mol. The van der Waals surface area contributed by atoms with Crippen molar-refractivity contribution < 1.29 is 17.9 Å². The zero-order chi connectivity index (χ0) is 14.9. The first-order valence-corrected chi connectivity index (χ1v) is 7.63. The molecular weight excluding hydrogens is 280 g/mol. The molecule has 1 atom stereocenters. The third kappa shape index (κ3) is 2.53. The summed E-state index contributed by atoms with van der Waals surface area (Å²) in [6.07, 6.45) is 0. The fourth-order valence-electron chi connectivity index (χ4n) is 1.96. The number of rotatable bonds is 3. The van der Waals surface area contributed by atoms with E-state index in [0.717, 1.165) is 0 Å². The van der Waals surface area contributed by atoms with Crippen molar-refractivity contribution in [3.63, 3.8) is 0 Å². The smallest absolute Gasteiger partial charge is 0.330 e. The van der Waals surface area contributed by atoms with E-state index < -0.39 is 22.0 Å². The molecule has 0 radical (unpaired) electrons. The van der Waals surface area contributed by atoms with Crippen molar-refractivity contribution in [2.75, 3.05) is 7.11 Å². The van der Waals surface area contributed by atoms with Crippen LogP contribution in [0, 0.1) is 5.92 Å². The highest BCUT2D eigenvalue weighted by molar-refractivity contribution is 7.90. The largest absolute Gasteiger partial charge is 0.467 e. The van der Waals surface area contributed by atoms with E-state index in [1.165, 1.54) is 13.2 Å².